The minimum atomic E-state index is -0.412. The number of benzene rings is 2. The number of fused-ring (bicyclic) bond motifs is 1. The van der Waals surface area contributed by atoms with Gasteiger partial charge in [0.1, 0.15) is 18.1 Å². The summed E-state index contributed by atoms with van der Waals surface area (Å²) in [4.78, 5) is 30.6. The molecule has 31 heavy (non-hydrogen) atoms. The van der Waals surface area contributed by atoms with Crippen LogP contribution in [0.5, 0.6) is 0 Å². The summed E-state index contributed by atoms with van der Waals surface area (Å²) in [6, 6.07) is 13.5. The maximum Gasteiger partial charge on any atom is 0.247 e. The van der Waals surface area contributed by atoms with E-state index in [1.165, 1.54) is 12.1 Å². The number of amides is 1. The molecule has 0 aliphatic carbocycles. The Bertz CT molecular complexity index is 1240. The summed E-state index contributed by atoms with van der Waals surface area (Å²) >= 11 is 7.82. The van der Waals surface area contributed by atoms with Crippen LogP contribution < -0.4 is 4.90 Å². The predicted octanol–water partition coefficient (Wildman–Crippen LogP) is 5.26. The Morgan fingerprint density at radius 3 is 2.58 bits per heavy atom. The summed E-state index contributed by atoms with van der Waals surface area (Å²) in [7, 11) is 0. The highest BCUT2D eigenvalue weighted by atomic mass is 35.5. The van der Waals surface area contributed by atoms with E-state index in [9.17, 15) is 14.0 Å². The molecule has 1 amide bonds. The first-order valence-electron chi connectivity index (χ1n) is 9.62. The molecule has 2 heterocycles. The van der Waals surface area contributed by atoms with Gasteiger partial charge in [0.15, 0.2) is 0 Å². The Morgan fingerprint density at radius 2 is 1.90 bits per heavy atom. The number of hydrogen-bond donors (Lipinski definition) is 0. The lowest BCUT2D eigenvalue weighted by Gasteiger charge is -2.23. The monoisotopic (exact) mass is 455 g/mol. The second-order valence-electron chi connectivity index (χ2n) is 7.26. The van der Waals surface area contributed by atoms with Gasteiger partial charge in [-0.25, -0.2) is 9.37 Å². The van der Waals surface area contributed by atoms with Crippen molar-refractivity contribution >= 4 is 51.3 Å². The lowest BCUT2D eigenvalue weighted by Crippen LogP contribution is -2.33. The molecule has 0 atom stereocenters. The first-order valence-corrected chi connectivity index (χ1v) is 10.9. The predicted molar refractivity (Wildman–Crippen MR) is 121 cm³/mol. The van der Waals surface area contributed by atoms with E-state index in [2.05, 4.69) is 4.98 Å². The van der Waals surface area contributed by atoms with Crippen LogP contribution in [-0.2, 0) is 29.1 Å². The molecular formula is C23H19ClFN3O2S. The first-order chi connectivity index (χ1) is 14.9. The maximum absolute atomic E-state index is 13.5. The molecule has 4 aromatic rings. The average molecular weight is 456 g/mol. The van der Waals surface area contributed by atoms with Gasteiger partial charge in [0.05, 0.1) is 17.6 Å². The van der Waals surface area contributed by atoms with Gasteiger partial charge in [-0.15, -0.1) is 0 Å². The summed E-state index contributed by atoms with van der Waals surface area (Å²) in [5.74, 6) is -0.516. The molecule has 0 saturated heterocycles. The van der Waals surface area contributed by atoms with Crippen LogP contribution in [0.4, 0.5) is 10.1 Å². The van der Waals surface area contributed by atoms with E-state index in [0.717, 1.165) is 16.8 Å². The number of nitrogens with zero attached hydrogens (tertiary/aromatic N) is 3. The Hall–Kier alpha value is -3.03. The van der Waals surface area contributed by atoms with Crippen LogP contribution in [0, 0.1) is 5.82 Å². The van der Waals surface area contributed by atoms with E-state index in [4.69, 9.17) is 11.6 Å². The fraction of sp³-hybridized carbons (Fsp3) is 0.174. The average Bonchev–Trinajstić information content (AvgIpc) is 3.34. The summed E-state index contributed by atoms with van der Waals surface area (Å²) in [6.45, 7) is 1.90. The molecule has 158 valence electrons. The number of carbonyl (C=O) groups excluding carboxylic acids is 2. The van der Waals surface area contributed by atoms with E-state index in [1.54, 1.807) is 33.8 Å². The molecule has 0 fully saturated rings. The zero-order valence-electron chi connectivity index (χ0n) is 16.7. The molecule has 4 rings (SSSR count). The normalized spacial score (nSPS) is 11.1. The molecule has 5 nitrogen and oxygen atoms in total. The number of Topliss-reactive ketones (excluding diaryl/α,β-unsaturated/α-hetero) is 1. The molecule has 0 spiro atoms. The zero-order valence-corrected chi connectivity index (χ0v) is 18.3. The van der Waals surface area contributed by atoms with Crippen LogP contribution in [0.1, 0.15) is 18.1 Å². The van der Waals surface area contributed by atoms with E-state index in [1.807, 2.05) is 41.1 Å². The maximum atomic E-state index is 13.5. The first kappa shape index (κ1) is 21.2. The van der Waals surface area contributed by atoms with Crippen LogP contribution in [0.3, 0.4) is 0 Å². The largest absolute Gasteiger partial charge is 0.306 e. The Labute approximate surface area is 187 Å². The third kappa shape index (κ3) is 4.84. The Morgan fingerprint density at radius 1 is 1.13 bits per heavy atom. The minimum Gasteiger partial charge on any atom is -0.306 e. The summed E-state index contributed by atoms with van der Waals surface area (Å²) in [6.07, 6.45) is 0.353. The zero-order chi connectivity index (χ0) is 22.0. The number of thiophene rings is 1. The van der Waals surface area contributed by atoms with Crippen LogP contribution in [0.2, 0.25) is 5.28 Å². The summed E-state index contributed by atoms with van der Waals surface area (Å²) in [5.41, 5.74) is 3.61. The van der Waals surface area contributed by atoms with E-state index in [-0.39, 0.29) is 23.5 Å². The summed E-state index contributed by atoms with van der Waals surface area (Å²) < 4.78 is 15.1. The lowest BCUT2D eigenvalue weighted by molar-refractivity contribution is -0.119. The second-order valence-corrected chi connectivity index (χ2v) is 8.37. The highest BCUT2D eigenvalue weighted by molar-refractivity contribution is 7.07. The molecule has 0 N–H and O–H groups in total. The number of anilines is 1. The minimum absolute atomic E-state index is 0.0414. The van der Waals surface area contributed by atoms with Gasteiger partial charge in [0.2, 0.25) is 11.2 Å². The van der Waals surface area contributed by atoms with Crippen molar-refractivity contribution in [2.75, 3.05) is 4.90 Å². The van der Waals surface area contributed by atoms with E-state index >= 15 is 0 Å². The van der Waals surface area contributed by atoms with Crippen molar-refractivity contribution in [2.24, 2.45) is 0 Å². The van der Waals surface area contributed by atoms with Crippen molar-refractivity contribution in [3.63, 3.8) is 0 Å². The lowest BCUT2D eigenvalue weighted by atomic mass is 10.1. The van der Waals surface area contributed by atoms with Gasteiger partial charge in [-0.2, -0.15) is 11.3 Å². The van der Waals surface area contributed by atoms with Crippen molar-refractivity contribution in [1.29, 1.82) is 0 Å². The number of carbonyl (C=O) groups is 2. The highest BCUT2D eigenvalue weighted by Crippen LogP contribution is 2.24. The Balaban J connectivity index is 1.64. The van der Waals surface area contributed by atoms with Crippen LogP contribution >= 0.6 is 22.9 Å². The third-order valence-corrected chi connectivity index (χ3v) is 5.90. The standard InChI is InChI=1S/C23H19ClFN3O2S/c1-15(29)10-16-2-5-19(6-3-16)27(12-17-8-9-31-14-17)22(30)13-28-21-7-4-18(25)11-20(21)26-23(28)24/h2-9,11,14H,10,12-13H2,1H3. The van der Waals surface area contributed by atoms with Gasteiger partial charge >= 0.3 is 0 Å². The van der Waals surface area contributed by atoms with Crippen LogP contribution in [0.15, 0.2) is 59.3 Å². The SMILES string of the molecule is CC(=O)Cc1ccc(N(Cc2ccsc2)C(=O)Cn2c(Cl)nc3cc(F)ccc32)cc1. The molecule has 0 saturated carbocycles. The number of hydrogen-bond acceptors (Lipinski definition) is 4. The number of imidazole rings is 1. The summed E-state index contributed by atoms with van der Waals surface area (Å²) in [5, 5.41) is 4.08. The van der Waals surface area contributed by atoms with Crippen molar-refractivity contribution in [3.8, 4) is 0 Å². The molecule has 0 unspecified atom stereocenters. The smallest absolute Gasteiger partial charge is 0.247 e. The molecule has 0 bridgehead atoms. The van der Waals surface area contributed by atoms with E-state index < -0.39 is 5.82 Å². The molecular weight excluding hydrogens is 437 g/mol. The van der Waals surface area contributed by atoms with Crippen molar-refractivity contribution in [3.05, 3.63) is 81.5 Å². The second kappa shape index (κ2) is 8.99. The van der Waals surface area contributed by atoms with Gasteiger partial charge in [-0.05, 0) is 70.7 Å². The quantitative estimate of drug-likeness (QED) is 0.382. The van der Waals surface area contributed by atoms with Crippen molar-refractivity contribution in [2.45, 2.75) is 26.4 Å². The Kier molecular flexibility index (Phi) is 6.15. The number of halogens is 2. The fourth-order valence-electron chi connectivity index (χ4n) is 3.41. The van der Waals surface area contributed by atoms with Gasteiger partial charge in [-0.3, -0.25) is 9.59 Å². The third-order valence-electron chi connectivity index (χ3n) is 4.88. The topological polar surface area (TPSA) is 55.2 Å². The van der Waals surface area contributed by atoms with Gasteiger partial charge < -0.3 is 9.47 Å². The number of ketones is 1. The van der Waals surface area contributed by atoms with E-state index in [0.29, 0.717) is 24.0 Å². The van der Waals surface area contributed by atoms with Gasteiger partial charge in [0.25, 0.3) is 0 Å². The molecule has 0 aliphatic rings. The highest BCUT2D eigenvalue weighted by Gasteiger charge is 2.20. The number of aromatic nitrogens is 2. The molecule has 2 aromatic carbocycles. The molecule has 0 radical (unpaired) electrons. The number of rotatable bonds is 7. The van der Waals surface area contributed by atoms with Crippen LogP contribution in [-0.4, -0.2) is 21.2 Å². The van der Waals surface area contributed by atoms with Gasteiger partial charge in [0, 0.05) is 18.2 Å². The van der Waals surface area contributed by atoms with Crippen LogP contribution in [0.25, 0.3) is 11.0 Å². The molecule has 0 aliphatic heterocycles. The molecule has 8 heteroatoms. The van der Waals surface area contributed by atoms with Gasteiger partial charge in [-0.1, -0.05) is 12.1 Å². The fourth-order valence-corrected chi connectivity index (χ4v) is 4.32. The molecule has 2 aromatic heterocycles. The van der Waals surface area contributed by atoms with Crippen molar-refractivity contribution < 1.29 is 14.0 Å². The van der Waals surface area contributed by atoms with Crippen molar-refractivity contribution in [1.82, 2.24) is 9.55 Å².